The number of hydrogen-bond acceptors (Lipinski definition) is 6. The van der Waals surface area contributed by atoms with Crippen molar-refractivity contribution in [2.75, 3.05) is 19.6 Å². The monoisotopic (exact) mass is 284 g/mol. The first-order valence-corrected chi connectivity index (χ1v) is 6.38. The van der Waals surface area contributed by atoms with Crippen molar-refractivity contribution in [1.29, 1.82) is 0 Å². The zero-order chi connectivity index (χ0) is 15.3. The number of nitrogens with zero attached hydrogens (tertiary/aromatic N) is 2. The Labute approximate surface area is 117 Å². The molecule has 0 radical (unpaired) electrons. The highest BCUT2D eigenvalue weighted by molar-refractivity contribution is 6.12. The maximum Gasteiger partial charge on any atom is 0.307 e. The van der Waals surface area contributed by atoms with Gasteiger partial charge in [-0.1, -0.05) is 0 Å². The second-order valence-electron chi connectivity index (χ2n) is 5.45. The smallest absolute Gasteiger partial charge is 0.307 e. The summed E-state index contributed by atoms with van der Waals surface area (Å²) in [7, 11) is 0. The van der Waals surface area contributed by atoms with Gasteiger partial charge in [-0.3, -0.25) is 19.3 Å². The minimum absolute atomic E-state index is 0.0356. The van der Waals surface area contributed by atoms with Gasteiger partial charge in [-0.25, -0.2) is 0 Å². The second-order valence-corrected chi connectivity index (χ2v) is 5.45. The molecule has 0 aromatic rings. The molecule has 0 spiro atoms. The minimum atomic E-state index is -0.558. The standard InChI is InChI=1S/C13H20N2O5/c1-13(2,3)20-12(18)6-7-14(19)8-9-15-10(16)4-5-11(15)17/h4-5,19H,6-9H2,1-3H3. The average Bonchev–Trinajstić information content (AvgIpc) is 2.62. The van der Waals surface area contributed by atoms with Crippen LogP contribution in [0.1, 0.15) is 27.2 Å². The van der Waals surface area contributed by atoms with Gasteiger partial charge in [0.05, 0.1) is 6.42 Å². The molecule has 0 unspecified atom stereocenters. The van der Waals surface area contributed by atoms with Crippen LogP contribution in [-0.2, 0) is 19.1 Å². The van der Waals surface area contributed by atoms with Crippen molar-refractivity contribution >= 4 is 17.8 Å². The Morgan fingerprint density at radius 3 is 2.30 bits per heavy atom. The molecule has 0 saturated heterocycles. The number of hydrogen-bond donors (Lipinski definition) is 1. The Morgan fingerprint density at radius 2 is 1.80 bits per heavy atom. The van der Waals surface area contributed by atoms with Crippen molar-refractivity contribution in [3.63, 3.8) is 0 Å². The quantitative estimate of drug-likeness (QED) is 0.430. The molecule has 1 rings (SSSR count). The third-order valence-electron chi connectivity index (χ3n) is 2.48. The van der Waals surface area contributed by atoms with Crippen molar-refractivity contribution < 1.29 is 24.3 Å². The fourth-order valence-corrected chi connectivity index (χ4v) is 1.59. The van der Waals surface area contributed by atoms with Crippen LogP contribution in [0.15, 0.2) is 12.2 Å². The SMILES string of the molecule is CC(C)(C)OC(=O)CCN(O)CCN1C(=O)C=CC1=O. The summed E-state index contributed by atoms with van der Waals surface area (Å²) in [6.07, 6.45) is 2.41. The van der Waals surface area contributed by atoms with Gasteiger partial charge in [0.2, 0.25) is 0 Å². The molecule has 0 aromatic carbocycles. The van der Waals surface area contributed by atoms with E-state index in [-0.39, 0.29) is 26.1 Å². The Kier molecular flexibility index (Phi) is 5.41. The summed E-state index contributed by atoms with van der Waals surface area (Å²) in [5.74, 6) is -1.20. The molecule has 0 atom stereocenters. The summed E-state index contributed by atoms with van der Waals surface area (Å²) in [5, 5.41) is 10.5. The molecule has 1 aliphatic rings. The first-order valence-electron chi connectivity index (χ1n) is 6.38. The topological polar surface area (TPSA) is 87.2 Å². The minimum Gasteiger partial charge on any atom is -0.460 e. The number of imide groups is 1. The maximum atomic E-state index is 11.4. The van der Waals surface area contributed by atoms with E-state index in [1.165, 1.54) is 12.2 Å². The van der Waals surface area contributed by atoms with Crippen molar-refractivity contribution in [2.45, 2.75) is 32.8 Å². The molecular weight excluding hydrogens is 264 g/mol. The molecule has 7 heteroatoms. The van der Waals surface area contributed by atoms with Gasteiger partial charge >= 0.3 is 5.97 Å². The van der Waals surface area contributed by atoms with Crippen LogP contribution in [0.5, 0.6) is 0 Å². The summed E-state index contributed by atoms with van der Waals surface area (Å²) < 4.78 is 5.09. The molecule has 0 saturated carbocycles. The van der Waals surface area contributed by atoms with Crippen LogP contribution in [0.25, 0.3) is 0 Å². The molecule has 0 aliphatic carbocycles. The molecule has 0 fully saturated rings. The zero-order valence-corrected chi connectivity index (χ0v) is 12.0. The Balaban J connectivity index is 2.24. The van der Waals surface area contributed by atoms with Gasteiger partial charge in [0.25, 0.3) is 11.8 Å². The number of hydroxylamine groups is 2. The predicted molar refractivity (Wildman–Crippen MR) is 69.7 cm³/mol. The molecule has 20 heavy (non-hydrogen) atoms. The number of amides is 2. The number of carbonyl (C=O) groups excluding carboxylic acids is 3. The Morgan fingerprint density at radius 1 is 1.25 bits per heavy atom. The van der Waals surface area contributed by atoms with E-state index in [9.17, 15) is 19.6 Å². The van der Waals surface area contributed by atoms with Crippen molar-refractivity contribution in [2.24, 2.45) is 0 Å². The van der Waals surface area contributed by atoms with Crippen LogP contribution in [-0.4, -0.2) is 58.2 Å². The zero-order valence-electron chi connectivity index (χ0n) is 12.0. The fraction of sp³-hybridized carbons (Fsp3) is 0.615. The van der Waals surface area contributed by atoms with E-state index in [0.717, 1.165) is 9.96 Å². The Bertz CT molecular complexity index is 407. The van der Waals surface area contributed by atoms with Crippen LogP contribution in [0.3, 0.4) is 0 Å². The molecule has 1 heterocycles. The molecule has 0 aromatic heterocycles. The first-order chi connectivity index (χ1) is 9.19. The summed E-state index contributed by atoms with van der Waals surface area (Å²) in [6, 6.07) is 0. The van der Waals surface area contributed by atoms with Gasteiger partial charge in [-0.2, -0.15) is 5.06 Å². The third kappa shape index (κ3) is 5.50. The highest BCUT2D eigenvalue weighted by Gasteiger charge is 2.23. The number of carbonyl (C=O) groups is 3. The van der Waals surface area contributed by atoms with Gasteiger partial charge in [0.1, 0.15) is 5.60 Å². The predicted octanol–water partition coefficient (Wildman–Crippen LogP) is 0.334. The van der Waals surface area contributed by atoms with Crippen LogP contribution < -0.4 is 0 Å². The summed E-state index contributed by atoms with van der Waals surface area (Å²) in [4.78, 5) is 35.0. The van der Waals surface area contributed by atoms with Crippen LogP contribution >= 0.6 is 0 Å². The largest absolute Gasteiger partial charge is 0.460 e. The lowest BCUT2D eigenvalue weighted by Crippen LogP contribution is -2.38. The fourth-order valence-electron chi connectivity index (χ4n) is 1.59. The average molecular weight is 284 g/mol. The van der Waals surface area contributed by atoms with E-state index in [1.807, 2.05) is 0 Å². The molecule has 1 aliphatic heterocycles. The van der Waals surface area contributed by atoms with Gasteiger partial charge in [0, 0.05) is 31.8 Å². The molecule has 2 amide bonds. The summed E-state index contributed by atoms with van der Waals surface area (Å²) in [5.41, 5.74) is -0.558. The van der Waals surface area contributed by atoms with Gasteiger partial charge in [-0.15, -0.1) is 0 Å². The van der Waals surface area contributed by atoms with Gasteiger partial charge in [-0.05, 0) is 20.8 Å². The molecule has 1 N–H and O–H groups in total. The van der Waals surface area contributed by atoms with Crippen molar-refractivity contribution in [3.8, 4) is 0 Å². The number of ether oxygens (including phenoxy) is 1. The van der Waals surface area contributed by atoms with Crippen LogP contribution in [0, 0.1) is 0 Å². The van der Waals surface area contributed by atoms with Gasteiger partial charge < -0.3 is 9.94 Å². The third-order valence-corrected chi connectivity index (χ3v) is 2.48. The molecule has 112 valence electrons. The highest BCUT2D eigenvalue weighted by atomic mass is 16.6. The normalized spacial score (nSPS) is 15.3. The van der Waals surface area contributed by atoms with Crippen molar-refractivity contribution in [3.05, 3.63) is 12.2 Å². The molecule has 7 nitrogen and oxygen atoms in total. The summed E-state index contributed by atoms with van der Waals surface area (Å²) >= 11 is 0. The van der Waals surface area contributed by atoms with E-state index in [1.54, 1.807) is 20.8 Å². The lowest BCUT2D eigenvalue weighted by molar-refractivity contribution is -0.160. The van der Waals surface area contributed by atoms with Crippen LogP contribution in [0.4, 0.5) is 0 Å². The Hall–Kier alpha value is -1.73. The van der Waals surface area contributed by atoms with E-state index in [0.29, 0.717) is 0 Å². The second kappa shape index (κ2) is 6.62. The lowest BCUT2D eigenvalue weighted by Gasteiger charge is -2.21. The summed E-state index contributed by atoms with van der Waals surface area (Å²) in [6.45, 7) is 5.54. The van der Waals surface area contributed by atoms with E-state index >= 15 is 0 Å². The van der Waals surface area contributed by atoms with Crippen molar-refractivity contribution in [1.82, 2.24) is 9.96 Å². The first kappa shape index (κ1) is 16.3. The van der Waals surface area contributed by atoms with Gasteiger partial charge in [0.15, 0.2) is 0 Å². The molecule has 0 bridgehead atoms. The van der Waals surface area contributed by atoms with E-state index in [2.05, 4.69) is 0 Å². The van der Waals surface area contributed by atoms with E-state index < -0.39 is 23.4 Å². The lowest BCUT2D eigenvalue weighted by atomic mass is 10.2. The maximum absolute atomic E-state index is 11.4. The molecular formula is C13H20N2O5. The van der Waals surface area contributed by atoms with Crippen LogP contribution in [0.2, 0.25) is 0 Å². The van der Waals surface area contributed by atoms with E-state index in [4.69, 9.17) is 4.74 Å². The number of rotatable bonds is 6. The number of esters is 1. The highest BCUT2D eigenvalue weighted by Crippen LogP contribution is 2.08.